The fourth-order valence-corrected chi connectivity index (χ4v) is 2.56. The van der Waals surface area contributed by atoms with E-state index in [4.69, 9.17) is 4.74 Å². The number of carbonyl (C=O) groups excluding carboxylic acids is 2. The van der Waals surface area contributed by atoms with Gasteiger partial charge < -0.3 is 4.74 Å². The summed E-state index contributed by atoms with van der Waals surface area (Å²) < 4.78 is 5.68. The molecule has 5 nitrogen and oxygen atoms in total. The Hall–Kier alpha value is -2.34. The van der Waals surface area contributed by atoms with Crippen molar-refractivity contribution in [2.75, 3.05) is 12.4 Å². The molecule has 27 heavy (non-hydrogen) atoms. The van der Waals surface area contributed by atoms with Gasteiger partial charge in [-0.25, -0.2) is 0 Å². The van der Waals surface area contributed by atoms with E-state index in [0.717, 1.165) is 36.0 Å². The van der Waals surface area contributed by atoms with Gasteiger partial charge in [-0.05, 0) is 37.1 Å². The first-order valence-electron chi connectivity index (χ1n) is 9.16. The standard InChI is InChI=1S/C16H19NO.C3H3NO2S.C2H6/c1-3-14-6-7-15(17-12-14)10-11-18-16-8-4-13(2)5-9-16;5-2-1-7-3(6)4-2;1-2/h4-9,12H,3,10-11H2,1-2H3;1H2,(H,4,5,6);1-2H3. The third-order valence-electron chi connectivity index (χ3n) is 3.52. The van der Waals surface area contributed by atoms with Crippen molar-refractivity contribution in [2.45, 2.75) is 40.5 Å². The molecule has 0 spiro atoms. The minimum absolute atomic E-state index is 0.185. The highest BCUT2D eigenvalue weighted by Crippen LogP contribution is 2.12. The molecule has 2 heterocycles. The lowest BCUT2D eigenvalue weighted by atomic mass is 10.2. The van der Waals surface area contributed by atoms with Crippen LogP contribution >= 0.6 is 11.8 Å². The molecule has 1 saturated heterocycles. The molecule has 6 heteroatoms. The van der Waals surface area contributed by atoms with Crippen LogP contribution in [0.1, 0.15) is 37.6 Å². The Morgan fingerprint density at radius 3 is 2.26 bits per heavy atom. The summed E-state index contributed by atoms with van der Waals surface area (Å²) in [7, 11) is 0. The summed E-state index contributed by atoms with van der Waals surface area (Å²) >= 11 is 1.01. The van der Waals surface area contributed by atoms with Crippen molar-refractivity contribution in [3.8, 4) is 5.75 Å². The molecule has 0 atom stereocenters. The second-order valence-electron chi connectivity index (χ2n) is 5.55. The van der Waals surface area contributed by atoms with Gasteiger partial charge in [-0.3, -0.25) is 19.9 Å². The van der Waals surface area contributed by atoms with Crippen molar-refractivity contribution in [1.82, 2.24) is 10.3 Å². The van der Waals surface area contributed by atoms with E-state index in [1.54, 1.807) is 0 Å². The Bertz CT molecular complexity index is 686. The second kappa shape index (κ2) is 12.9. The van der Waals surface area contributed by atoms with Gasteiger partial charge in [-0.1, -0.05) is 56.3 Å². The van der Waals surface area contributed by atoms with E-state index < -0.39 is 0 Å². The quantitative estimate of drug-likeness (QED) is 0.813. The number of pyridine rings is 1. The molecule has 1 aromatic carbocycles. The van der Waals surface area contributed by atoms with Gasteiger partial charge in [0.15, 0.2) is 0 Å². The summed E-state index contributed by atoms with van der Waals surface area (Å²) in [5, 5.41) is 1.87. The third kappa shape index (κ3) is 9.24. The van der Waals surface area contributed by atoms with Gasteiger partial charge in [0.1, 0.15) is 5.75 Å². The summed E-state index contributed by atoms with van der Waals surface area (Å²) in [6.45, 7) is 8.88. The molecular weight excluding hydrogens is 360 g/mol. The molecule has 0 radical (unpaired) electrons. The van der Waals surface area contributed by atoms with E-state index in [0.29, 0.717) is 12.4 Å². The summed E-state index contributed by atoms with van der Waals surface area (Å²) in [5.41, 5.74) is 3.61. The highest BCUT2D eigenvalue weighted by Gasteiger charge is 2.16. The van der Waals surface area contributed by atoms with Crippen LogP contribution in [0.3, 0.4) is 0 Å². The molecule has 146 valence electrons. The third-order valence-corrected chi connectivity index (χ3v) is 4.29. The zero-order valence-electron chi connectivity index (χ0n) is 16.5. The first-order valence-corrected chi connectivity index (χ1v) is 10.1. The van der Waals surface area contributed by atoms with E-state index in [1.165, 1.54) is 11.1 Å². The minimum atomic E-state index is -0.231. The van der Waals surface area contributed by atoms with Crippen LogP contribution in [-0.4, -0.2) is 28.5 Å². The largest absolute Gasteiger partial charge is 0.493 e. The van der Waals surface area contributed by atoms with E-state index in [9.17, 15) is 9.59 Å². The molecule has 1 aliphatic heterocycles. The molecule has 1 N–H and O–H groups in total. The van der Waals surface area contributed by atoms with Crippen LogP contribution in [0, 0.1) is 6.92 Å². The molecule has 0 aliphatic carbocycles. The highest BCUT2D eigenvalue weighted by atomic mass is 32.2. The number of ether oxygens (including phenoxy) is 1. The maximum absolute atomic E-state index is 10.1. The van der Waals surface area contributed by atoms with Crippen LogP contribution in [0.2, 0.25) is 0 Å². The predicted octanol–water partition coefficient (Wildman–Crippen LogP) is 4.57. The molecule has 1 fully saturated rings. The van der Waals surface area contributed by atoms with E-state index >= 15 is 0 Å². The van der Waals surface area contributed by atoms with Crippen LogP contribution in [0.15, 0.2) is 42.6 Å². The van der Waals surface area contributed by atoms with Gasteiger partial charge in [-0.15, -0.1) is 0 Å². The average molecular weight is 389 g/mol. The van der Waals surface area contributed by atoms with Gasteiger partial charge in [-0.2, -0.15) is 0 Å². The van der Waals surface area contributed by atoms with Crippen molar-refractivity contribution in [2.24, 2.45) is 0 Å². The molecule has 3 rings (SSSR count). The minimum Gasteiger partial charge on any atom is -0.493 e. The normalized spacial score (nSPS) is 12.3. The van der Waals surface area contributed by atoms with Gasteiger partial charge in [0, 0.05) is 18.3 Å². The van der Waals surface area contributed by atoms with E-state index in [1.807, 2.05) is 32.2 Å². The van der Waals surface area contributed by atoms with Crippen LogP contribution in [0.5, 0.6) is 5.75 Å². The fraction of sp³-hybridized carbons (Fsp3) is 0.381. The number of hydrogen-bond donors (Lipinski definition) is 1. The second-order valence-corrected chi connectivity index (χ2v) is 6.50. The smallest absolute Gasteiger partial charge is 0.286 e. The number of aromatic nitrogens is 1. The summed E-state index contributed by atoms with van der Waals surface area (Å²) in [6.07, 6.45) is 3.83. The number of benzene rings is 1. The van der Waals surface area contributed by atoms with Gasteiger partial charge >= 0.3 is 0 Å². The molecule has 1 aromatic heterocycles. The van der Waals surface area contributed by atoms with Crippen LogP contribution < -0.4 is 10.1 Å². The monoisotopic (exact) mass is 388 g/mol. The number of aryl methyl sites for hydroxylation is 2. The highest BCUT2D eigenvalue weighted by molar-refractivity contribution is 8.14. The zero-order valence-corrected chi connectivity index (χ0v) is 17.3. The van der Waals surface area contributed by atoms with Crippen molar-refractivity contribution in [1.29, 1.82) is 0 Å². The number of nitrogens with one attached hydrogen (secondary N) is 1. The number of thioether (sulfide) groups is 1. The Balaban J connectivity index is 0.000000338. The van der Waals surface area contributed by atoms with Crippen molar-refractivity contribution in [3.63, 3.8) is 0 Å². The number of imide groups is 1. The lowest BCUT2D eigenvalue weighted by Crippen LogP contribution is -2.18. The number of nitrogens with zero attached hydrogens (tertiary/aromatic N) is 1. The first kappa shape index (κ1) is 22.7. The maximum atomic E-state index is 10.1. The van der Waals surface area contributed by atoms with Crippen molar-refractivity contribution < 1.29 is 14.3 Å². The first-order chi connectivity index (χ1) is 13.1. The summed E-state index contributed by atoms with van der Waals surface area (Å²) in [6, 6.07) is 12.3. The van der Waals surface area contributed by atoms with Gasteiger partial charge in [0.05, 0.1) is 12.4 Å². The number of hydrogen-bond acceptors (Lipinski definition) is 5. The topological polar surface area (TPSA) is 68.3 Å². The lowest BCUT2D eigenvalue weighted by molar-refractivity contribution is -0.117. The Labute approximate surface area is 165 Å². The maximum Gasteiger partial charge on any atom is 0.286 e. The van der Waals surface area contributed by atoms with Crippen molar-refractivity contribution in [3.05, 3.63) is 59.4 Å². The Morgan fingerprint density at radius 1 is 1.11 bits per heavy atom. The SMILES string of the molecule is CC.CCc1ccc(CCOc2ccc(C)cc2)nc1.O=C1CSC(=O)N1. The van der Waals surface area contributed by atoms with Crippen LogP contribution in [-0.2, 0) is 17.6 Å². The Kier molecular flexibility index (Phi) is 10.9. The zero-order chi connectivity index (χ0) is 20.1. The average Bonchev–Trinajstić information content (AvgIpc) is 3.09. The van der Waals surface area contributed by atoms with E-state index in [-0.39, 0.29) is 11.1 Å². The molecule has 2 amide bonds. The van der Waals surface area contributed by atoms with Gasteiger partial charge in [0.25, 0.3) is 5.24 Å². The fourth-order valence-electron chi connectivity index (χ4n) is 2.04. The Morgan fingerprint density at radius 2 is 1.81 bits per heavy atom. The molecule has 0 bridgehead atoms. The van der Waals surface area contributed by atoms with E-state index in [2.05, 4.69) is 48.4 Å². The molecule has 1 aliphatic rings. The lowest BCUT2D eigenvalue weighted by Gasteiger charge is -2.06. The number of amides is 2. The molecule has 0 unspecified atom stereocenters. The van der Waals surface area contributed by atoms with Gasteiger partial charge in [0.2, 0.25) is 5.91 Å². The molecule has 0 saturated carbocycles. The van der Waals surface area contributed by atoms with Crippen LogP contribution in [0.25, 0.3) is 0 Å². The summed E-state index contributed by atoms with van der Waals surface area (Å²) in [5.74, 6) is 1.03. The molecule has 2 aromatic rings. The number of rotatable bonds is 5. The summed E-state index contributed by atoms with van der Waals surface area (Å²) in [4.78, 5) is 24.6. The van der Waals surface area contributed by atoms with Crippen LogP contribution in [0.4, 0.5) is 4.79 Å². The predicted molar refractivity (Wildman–Crippen MR) is 111 cm³/mol. The molecular formula is C21H28N2O3S. The number of carbonyl (C=O) groups is 2. The van der Waals surface area contributed by atoms with Crippen molar-refractivity contribution >= 4 is 22.9 Å².